The molecule has 2 amide bonds. The molecule has 116 valence electrons. The Bertz CT molecular complexity index is 350. The Morgan fingerprint density at radius 1 is 1.20 bits per heavy atom. The van der Waals surface area contributed by atoms with E-state index >= 15 is 0 Å². The van der Waals surface area contributed by atoms with E-state index in [2.05, 4.69) is 19.2 Å². The highest BCUT2D eigenvalue weighted by Crippen LogP contribution is 2.27. The van der Waals surface area contributed by atoms with E-state index in [0.717, 1.165) is 12.8 Å². The van der Waals surface area contributed by atoms with Crippen molar-refractivity contribution in [3.8, 4) is 0 Å². The Morgan fingerprint density at radius 2 is 1.80 bits per heavy atom. The van der Waals surface area contributed by atoms with Crippen LogP contribution in [0.25, 0.3) is 0 Å². The van der Waals surface area contributed by atoms with Crippen molar-refractivity contribution in [2.24, 2.45) is 5.92 Å². The van der Waals surface area contributed by atoms with Gasteiger partial charge in [0, 0.05) is 6.54 Å². The molecule has 0 radical (unpaired) electrons. The predicted octanol–water partition coefficient (Wildman–Crippen LogP) is 2.72. The minimum atomic E-state index is -0.686. The van der Waals surface area contributed by atoms with Crippen molar-refractivity contribution >= 4 is 11.8 Å². The summed E-state index contributed by atoms with van der Waals surface area (Å²) in [4.78, 5) is 27.1. The van der Waals surface area contributed by atoms with Gasteiger partial charge in [0.1, 0.15) is 11.6 Å². The molecule has 0 aromatic heterocycles. The molecule has 2 atom stereocenters. The molecule has 1 rings (SSSR count). The number of nitrogens with one attached hydrogen (secondary N) is 1. The van der Waals surface area contributed by atoms with Crippen LogP contribution < -0.4 is 5.32 Å². The van der Waals surface area contributed by atoms with Crippen LogP contribution in [0.5, 0.6) is 0 Å². The van der Waals surface area contributed by atoms with Gasteiger partial charge in [0.25, 0.3) is 0 Å². The highest BCUT2D eigenvalue weighted by atomic mass is 16.2. The summed E-state index contributed by atoms with van der Waals surface area (Å²) in [6, 6.07) is -0.298. The number of piperazine rings is 1. The van der Waals surface area contributed by atoms with E-state index in [1.807, 2.05) is 25.7 Å². The standard InChI is InChI=1S/C16H30N2O2/c1-6-10-12(5)11-18-13(7-2)14(19)17-16(8-3,9-4)15(18)20/h12-13H,6-11H2,1-5H3,(H,17,19). The fourth-order valence-corrected chi connectivity index (χ4v) is 3.20. The molecule has 0 aliphatic carbocycles. The summed E-state index contributed by atoms with van der Waals surface area (Å²) in [6.07, 6.45) is 4.19. The van der Waals surface area contributed by atoms with Gasteiger partial charge < -0.3 is 10.2 Å². The summed E-state index contributed by atoms with van der Waals surface area (Å²) in [5.41, 5.74) is -0.686. The van der Waals surface area contributed by atoms with Crippen LogP contribution in [0.2, 0.25) is 0 Å². The number of hydrogen-bond acceptors (Lipinski definition) is 2. The lowest BCUT2D eigenvalue weighted by Gasteiger charge is -2.46. The van der Waals surface area contributed by atoms with Crippen LogP contribution in [-0.2, 0) is 9.59 Å². The maximum Gasteiger partial charge on any atom is 0.248 e. The second-order valence-corrected chi connectivity index (χ2v) is 6.05. The minimum absolute atomic E-state index is 0.0134. The average Bonchev–Trinajstić information content (AvgIpc) is 2.43. The van der Waals surface area contributed by atoms with E-state index in [-0.39, 0.29) is 17.9 Å². The molecular weight excluding hydrogens is 252 g/mol. The lowest BCUT2D eigenvalue weighted by atomic mass is 9.86. The van der Waals surface area contributed by atoms with Gasteiger partial charge in [0.05, 0.1) is 0 Å². The largest absolute Gasteiger partial charge is 0.340 e. The van der Waals surface area contributed by atoms with Crippen molar-refractivity contribution in [2.45, 2.75) is 78.3 Å². The Kier molecular flexibility index (Phi) is 6.03. The van der Waals surface area contributed by atoms with Crippen LogP contribution in [0.1, 0.15) is 66.7 Å². The fourth-order valence-electron chi connectivity index (χ4n) is 3.20. The zero-order valence-corrected chi connectivity index (χ0v) is 13.7. The molecule has 2 unspecified atom stereocenters. The molecule has 0 aromatic rings. The third kappa shape index (κ3) is 3.15. The molecule has 0 spiro atoms. The van der Waals surface area contributed by atoms with Gasteiger partial charge in [0.2, 0.25) is 11.8 Å². The number of rotatable bonds is 7. The molecular formula is C16H30N2O2. The van der Waals surface area contributed by atoms with Crippen molar-refractivity contribution in [3.63, 3.8) is 0 Å². The third-order valence-electron chi connectivity index (χ3n) is 4.60. The van der Waals surface area contributed by atoms with Gasteiger partial charge in [-0.05, 0) is 31.6 Å². The Balaban J connectivity index is 3.00. The number of hydrogen-bond donors (Lipinski definition) is 1. The van der Waals surface area contributed by atoms with Crippen molar-refractivity contribution in [1.82, 2.24) is 10.2 Å². The quantitative estimate of drug-likeness (QED) is 0.780. The van der Waals surface area contributed by atoms with Crippen molar-refractivity contribution in [1.29, 1.82) is 0 Å². The first-order valence-electron chi connectivity index (χ1n) is 8.08. The second kappa shape index (κ2) is 7.09. The zero-order chi connectivity index (χ0) is 15.3. The summed E-state index contributed by atoms with van der Waals surface area (Å²) in [5.74, 6) is 0.562. The van der Waals surface area contributed by atoms with Gasteiger partial charge in [-0.1, -0.05) is 41.0 Å². The molecule has 1 heterocycles. The smallest absolute Gasteiger partial charge is 0.248 e. The topological polar surface area (TPSA) is 49.4 Å². The summed E-state index contributed by atoms with van der Waals surface area (Å²) in [7, 11) is 0. The van der Waals surface area contributed by atoms with Crippen LogP contribution in [0.4, 0.5) is 0 Å². The molecule has 1 fully saturated rings. The van der Waals surface area contributed by atoms with Gasteiger partial charge in [-0.15, -0.1) is 0 Å². The van der Waals surface area contributed by atoms with Crippen LogP contribution >= 0.6 is 0 Å². The Hall–Kier alpha value is -1.06. The number of carbonyl (C=O) groups excluding carboxylic acids is 2. The summed E-state index contributed by atoms with van der Waals surface area (Å²) in [5, 5.41) is 2.99. The van der Waals surface area contributed by atoms with Gasteiger partial charge in [-0.25, -0.2) is 0 Å². The normalized spacial score (nSPS) is 23.6. The van der Waals surface area contributed by atoms with E-state index in [1.165, 1.54) is 0 Å². The lowest BCUT2D eigenvalue weighted by molar-refractivity contribution is -0.156. The van der Waals surface area contributed by atoms with Crippen LogP contribution in [0.3, 0.4) is 0 Å². The van der Waals surface area contributed by atoms with Crippen LogP contribution in [0.15, 0.2) is 0 Å². The highest BCUT2D eigenvalue weighted by molar-refractivity contribution is 5.99. The molecule has 20 heavy (non-hydrogen) atoms. The van der Waals surface area contributed by atoms with Crippen molar-refractivity contribution in [3.05, 3.63) is 0 Å². The number of amides is 2. The van der Waals surface area contributed by atoms with Crippen LogP contribution in [0, 0.1) is 5.92 Å². The first kappa shape index (κ1) is 17.0. The Morgan fingerprint density at radius 3 is 2.25 bits per heavy atom. The van der Waals surface area contributed by atoms with Gasteiger partial charge in [-0.3, -0.25) is 9.59 Å². The predicted molar refractivity (Wildman–Crippen MR) is 81.3 cm³/mol. The molecule has 0 saturated carbocycles. The Labute approximate surface area is 123 Å². The zero-order valence-electron chi connectivity index (χ0n) is 13.7. The molecule has 1 aliphatic heterocycles. The average molecular weight is 282 g/mol. The maximum atomic E-state index is 12.9. The van der Waals surface area contributed by atoms with Gasteiger partial charge >= 0.3 is 0 Å². The van der Waals surface area contributed by atoms with E-state index in [9.17, 15) is 9.59 Å². The molecule has 4 nitrogen and oxygen atoms in total. The van der Waals surface area contributed by atoms with Gasteiger partial charge in [0.15, 0.2) is 0 Å². The highest BCUT2D eigenvalue weighted by Gasteiger charge is 2.48. The molecule has 4 heteroatoms. The third-order valence-corrected chi connectivity index (χ3v) is 4.60. The number of carbonyl (C=O) groups is 2. The van der Waals surface area contributed by atoms with E-state index in [1.54, 1.807) is 0 Å². The van der Waals surface area contributed by atoms with Crippen molar-refractivity contribution < 1.29 is 9.59 Å². The maximum absolute atomic E-state index is 12.9. The molecule has 1 N–H and O–H groups in total. The second-order valence-electron chi connectivity index (χ2n) is 6.05. The number of nitrogens with zero attached hydrogens (tertiary/aromatic N) is 1. The summed E-state index contributed by atoms with van der Waals surface area (Å²) in [6.45, 7) is 10.9. The molecule has 0 bridgehead atoms. The van der Waals surface area contributed by atoms with E-state index < -0.39 is 5.54 Å². The van der Waals surface area contributed by atoms with E-state index in [4.69, 9.17) is 0 Å². The summed E-state index contributed by atoms with van der Waals surface area (Å²) >= 11 is 0. The van der Waals surface area contributed by atoms with Gasteiger partial charge in [-0.2, -0.15) is 0 Å². The minimum Gasteiger partial charge on any atom is -0.340 e. The van der Waals surface area contributed by atoms with E-state index in [0.29, 0.717) is 31.7 Å². The molecule has 1 saturated heterocycles. The first-order valence-corrected chi connectivity index (χ1v) is 8.08. The SMILES string of the molecule is CCCC(C)CN1C(=O)C(CC)(CC)NC(=O)C1CC. The summed E-state index contributed by atoms with van der Waals surface area (Å²) < 4.78 is 0. The monoisotopic (exact) mass is 282 g/mol. The molecule has 0 aromatic carbocycles. The van der Waals surface area contributed by atoms with Crippen molar-refractivity contribution in [2.75, 3.05) is 6.54 Å². The molecule has 1 aliphatic rings. The van der Waals surface area contributed by atoms with Crippen LogP contribution in [-0.4, -0.2) is 34.8 Å². The lowest BCUT2D eigenvalue weighted by Crippen LogP contribution is -2.70. The first-order chi connectivity index (χ1) is 9.45. The fraction of sp³-hybridized carbons (Fsp3) is 0.875.